The second-order valence-corrected chi connectivity index (χ2v) is 8.43. The molecule has 1 unspecified atom stereocenters. The van der Waals surface area contributed by atoms with Crippen LogP contribution >= 0.6 is 11.9 Å². The summed E-state index contributed by atoms with van der Waals surface area (Å²) in [4.78, 5) is 0. The number of rotatable bonds is 9. The second-order valence-electron chi connectivity index (χ2n) is 7.16. The van der Waals surface area contributed by atoms with E-state index < -0.39 is 23.6 Å². The number of aliphatic hydroxyl groups excluding tert-OH is 2. The van der Waals surface area contributed by atoms with Gasteiger partial charge in [-0.15, -0.1) is 0 Å². The maximum Gasteiger partial charge on any atom is 0.184 e. The van der Waals surface area contributed by atoms with Crippen molar-refractivity contribution in [1.29, 1.82) is 0 Å². The molecule has 2 aromatic rings. The molecule has 0 heterocycles. The van der Waals surface area contributed by atoms with E-state index in [1.807, 2.05) is 0 Å². The van der Waals surface area contributed by atoms with E-state index in [-0.39, 0.29) is 34.2 Å². The van der Waals surface area contributed by atoms with Gasteiger partial charge in [0.05, 0.1) is 25.5 Å². The maximum atomic E-state index is 14.6. The second kappa shape index (κ2) is 8.73. The van der Waals surface area contributed by atoms with Crippen LogP contribution in [0.4, 0.5) is 30.2 Å². The Morgan fingerprint density at radius 1 is 1.17 bits per heavy atom. The lowest BCUT2D eigenvalue weighted by Gasteiger charge is -2.22. The molecule has 2 aromatic carbocycles. The summed E-state index contributed by atoms with van der Waals surface area (Å²) in [6.07, 6.45) is 1.08. The van der Waals surface area contributed by atoms with Crippen molar-refractivity contribution < 1.29 is 28.1 Å². The first-order chi connectivity index (χ1) is 13.8. The van der Waals surface area contributed by atoms with Crippen molar-refractivity contribution in [3.05, 3.63) is 47.3 Å². The molecule has 3 rings (SSSR count). The molecule has 1 saturated carbocycles. The predicted molar refractivity (Wildman–Crippen MR) is 108 cm³/mol. The number of halogens is 3. The molecule has 1 fully saturated rings. The minimum absolute atomic E-state index is 0.00737. The number of ether oxygens (including phenoxy) is 1. The topological polar surface area (TPSA) is 73.8 Å². The summed E-state index contributed by atoms with van der Waals surface area (Å²) in [5.74, 6) is -2.86. The SMILES string of the molecule is COc1cc(F)c(F)c(Nc2ccc(C)cc2F)c1NSC1(CC(O)CO)CC1. The van der Waals surface area contributed by atoms with Crippen LogP contribution in [-0.2, 0) is 0 Å². The summed E-state index contributed by atoms with van der Waals surface area (Å²) in [7, 11) is 1.32. The number of hydrogen-bond acceptors (Lipinski definition) is 6. The van der Waals surface area contributed by atoms with E-state index in [9.17, 15) is 18.3 Å². The van der Waals surface area contributed by atoms with Gasteiger partial charge in [-0.25, -0.2) is 13.2 Å². The molecule has 0 aliphatic heterocycles. The van der Waals surface area contributed by atoms with Crippen molar-refractivity contribution in [3.63, 3.8) is 0 Å². The highest BCUT2D eigenvalue weighted by atomic mass is 32.2. The lowest BCUT2D eigenvalue weighted by atomic mass is 10.2. The normalized spacial score (nSPS) is 15.7. The van der Waals surface area contributed by atoms with Crippen LogP contribution < -0.4 is 14.8 Å². The highest BCUT2D eigenvalue weighted by Crippen LogP contribution is 2.53. The fraction of sp³-hybridized carbons (Fsp3) is 0.400. The van der Waals surface area contributed by atoms with E-state index in [0.717, 1.165) is 18.9 Å². The molecule has 1 aliphatic rings. The summed E-state index contributed by atoms with van der Waals surface area (Å²) in [6.45, 7) is 1.37. The zero-order chi connectivity index (χ0) is 21.2. The molecule has 0 radical (unpaired) electrons. The Labute approximate surface area is 171 Å². The van der Waals surface area contributed by atoms with Crippen molar-refractivity contribution >= 4 is 29.0 Å². The molecule has 1 atom stereocenters. The van der Waals surface area contributed by atoms with Crippen molar-refractivity contribution in [3.8, 4) is 5.75 Å². The average Bonchev–Trinajstić information content (AvgIpc) is 3.45. The number of anilines is 3. The van der Waals surface area contributed by atoms with Gasteiger partial charge in [0.25, 0.3) is 0 Å². The molecule has 0 aromatic heterocycles. The molecule has 0 spiro atoms. The van der Waals surface area contributed by atoms with Gasteiger partial charge in [-0.2, -0.15) is 0 Å². The van der Waals surface area contributed by atoms with E-state index in [1.165, 1.54) is 31.2 Å². The quantitative estimate of drug-likeness (QED) is 0.441. The van der Waals surface area contributed by atoms with Gasteiger partial charge in [0.1, 0.15) is 22.9 Å². The van der Waals surface area contributed by atoms with Crippen LogP contribution in [0.15, 0.2) is 24.3 Å². The molecule has 9 heteroatoms. The van der Waals surface area contributed by atoms with Crippen molar-refractivity contribution in [2.75, 3.05) is 23.8 Å². The molecule has 0 amide bonds. The number of aryl methyl sites for hydroxylation is 1. The third kappa shape index (κ3) is 4.91. The van der Waals surface area contributed by atoms with Gasteiger partial charge in [0, 0.05) is 10.8 Å². The first kappa shape index (κ1) is 21.6. The van der Waals surface area contributed by atoms with Crippen LogP contribution in [-0.4, -0.2) is 34.8 Å². The van der Waals surface area contributed by atoms with Crippen molar-refractivity contribution in [1.82, 2.24) is 0 Å². The zero-order valence-corrected chi connectivity index (χ0v) is 16.9. The van der Waals surface area contributed by atoms with Gasteiger partial charge in [0.2, 0.25) is 0 Å². The van der Waals surface area contributed by atoms with Crippen molar-refractivity contribution in [2.24, 2.45) is 0 Å². The first-order valence-corrected chi connectivity index (χ1v) is 9.92. The monoisotopic (exact) mass is 428 g/mol. The third-order valence-corrected chi connectivity index (χ3v) is 6.10. The molecule has 158 valence electrons. The largest absolute Gasteiger partial charge is 0.494 e. The van der Waals surface area contributed by atoms with Crippen LogP contribution in [0, 0.1) is 24.4 Å². The zero-order valence-electron chi connectivity index (χ0n) is 16.1. The Kier molecular flexibility index (Phi) is 6.50. The van der Waals surface area contributed by atoms with Gasteiger partial charge in [-0.1, -0.05) is 6.07 Å². The van der Waals surface area contributed by atoms with E-state index in [1.54, 1.807) is 13.0 Å². The van der Waals surface area contributed by atoms with E-state index in [2.05, 4.69) is 10.0 Å². The Morgan fingerprint density at radius 3 is 2.48 bits per heavy atom. The number of aliphatic hydroxyl groups is 2. The van der Waals surface area contributed by atoms with Gasteiger partial charge in [0.15, 0.2) is 11.6 Å². The minimum atomic E-state index is -1.17. The van der Waals surface area contributed by atoms with Gasteiger partial charge in [-0.3, -0.25) is 0 Å². The Bertz CT molecular complexity index is 894. The fourth-order valence-electron chi connectivity index (χ4n) is 2.98. The van der Waals surface area contributed by atoms with E-state index in [0.29, 0.717) is 12.0 Å². The van der Waals surface area contributed by atoms with Crippen LogP contribution in [0.25, 0.3) is 0 Å². The molecule has 0 bridgehead atoms. The third-order valence-electron chi connectivity index (χ3n) is 4.78. The number of hydrogen-bond donors (Lipinski definition) is 4. The molecule has 5 nitrogen and oxygen atoms in total. The highest BCUT2D eigenvalue weighted by Gasteiger charge is 2.45. The molecular weight excluding hydrogens is 405 g/mol. The van der Waals surface area contributed by atoms with Crippen molar-refractivity contribution in [2.45, 2.75) is 37.0 Å². The van der Waals surface area contributed by atoms with Crippen LogP contribution in [0.1, 0.15) is 24.8 Å². The van der Waals surface area contributed by atoms with Gasteiger partial charge < -0.3 is 25.0 Å². The predicted octanol–water partition coefficient (Wildman–Crippen LogP) is 4.50. The molecule has 29 heavy (non-hydrogen) atoms. The average molecular weight is 428 g/mol. The fourth-order valence-corrected chi connectivity index (χ4v) is 4.08. The summed E-state index contributed by atoms with van der Waals surface area (Å²) >= 11 is 1.24. The van der Waals surface area contributed by atoms with Crippen LogP contribution in [0.2, 0.25) is 0 Å². The molecule has 0 saturated heterocycles. The van der Waals surface area contributed by atoms with Gasteiger partial charge >= 0.3 is 0 Å². The summed E-state index contributed by atoms with van der Waals surface area (Å²) in [6, 6.07) is 5.29. The number of methoxy groups -OCH3 is 1. The molecule has 4 N–H and O–H groups in total. The number of nitrogens with one attached hydrogen (secondary N) is 2. The first-order valence-electron chi connectivity index (χ1n) is 9.10. The Balaban J connectivity index is 1.92. The van der Waals surface area contributed by atoms with Crippen LogP contribution in [0.5, 0.6) is 5.75 Å². The lowest BCUT2D eigenvalue weighted by molar-refractivity contribution is 0.0865. The number of benzene rings is 2. The standard InChI is InChI=1S/C20H23F3N2O3S/c1-11-3-4-15(13(21)7-11)24-19-17(23)14(22)8-16(28-2)18(19)25-29-20(5-6-20)9-12(27)10-26/h3-4,7-8,12,24-27H,5-6,9-10H2,1-2H3. The van der Waals surface area contributed by atoms with E-state index >= 15 is 0 Å². The van der Waals surface area contributed by atoms with Crippen LogP contribution in [0.3, 0.4) is 0 Å². The molecular formula is C20H23F3N2O3S. The summed E-state index contributed by atoms with van der Waals surface area (Å²) in [5, 5.41) is 21.4. The lowest BCUT2D eigenvalue weighted by Crippen LogP contribution is -2.21. The smallest absolute Gasteiger partial charge is 0.184 e. The summed E-state index contributed by atoms with van der Waals surface area (Å²) in [5.41, 5.74) is 0.529. The minimum Gasteiger partial charge on any atom is -0.494 e. The Morgan fingerprint density at radius 2 is 1.90 bits per heavy atom. The highest BCUT2D eigenvalue weighted by molar-refractivity contribution is 8.02. The molecule has 1 aliphatic carbocycles. The Hall–Kier alpha value is -2.10. The maximum absolute atomic E-state index is 14.6. The van der Waals surface area contributed by atoms with Gasteiger partial charge in [-0.05, 0) is 55.8 Å². The van der Waals surface area contributed by atoms with E-state index in [4.69, 9.17) is 9.84 Å². The summed E-state index contributed by atoms with van der Waals surface area (Å²) < 4.78 is 50.8.